The number of cyclic esters (lactones) is 1. The zero-order valence-electron chi connectivity index (χ0n) is 19.8. The van der Waals surface area contributed by atoms with E-state index in [1.165, 1.54) is 0 Å². The summed E-state index contributed by atoms with van der Waals surface area (Å²) in [4.78, 5) is 34.6. The molecule has 0 aliphatic carbocycles. The number of fused-ring (bicyclic) bond motifs is 6. The Morgan fingerprint density at radius 2 is 1.83 bits per heavy atom. The van der Waals surface area contributed by atoms with Crippen molar-refractivity contribution in [3.8, 4) is 22.9 Å². The highest BCUT2D eigenvalue weighted by atomic mass is 16.7. The monoisotopic (exact) mass is 478 g/mol. The first-order chi connectivity index (χ1) is 16.8. The lowest BCUT2D eigenvalue weighted by molar-refractivity contribution is -0.157. The molecule has 10 heteroatoms. The largest absolute Gasteiger partial charge is 0.458 e. The van der Waals surface area contributed by atoms with E-state index < -0.39 is 12.1 Å². The number of hydrogen-bond donors (Lipinski definition) is 1. The second-order valence-corrected chi connectivity index (χ2v) is 9.55. The van der Waals surface area contributed by atoms with Crippen LogP contribution in [-0.2, 0) is 29.2 Å². The van der Waals surface area contributed by atoms with E-state index in [2.05, 4.69) is 16.8 Å². The smallest absolute Gasteiger partial charge is 0.340 e. The van der Waals surface area contributed by atoms with Gasteiger partial charge in [-0.05, 0) is 38.8 Å². The van der Waals surface area contributed by atoms with Gasteiger partial charge in [-0.1, -0.05) is 0 Å². The molecule has 0 amide bonds. The van der Waals surface area contributed by atoms with Crippen LogP contribution < -0.4 is 15.0 Å². The minimum atomic E-state index is -1.48. The van der Waals surface area contributed by atoms with Gasteiger partial charge in [0.2, 0.25) is 6.79 Å². The van der Waals surface area contributed by atoms with Crippen LogP contribution in [-0.4, -0.2) is 71.5 Å². The van der Waals surface area contributed by atoms with Gasteiger partial charge in [-0.15, -0.1) is 0 Å². The van der Waals surface area contributed by atoms with E-state index >= 15 is 0 Å². The first-order valence-corrected chi connectivity index (χ1v) is 11.5. The summed E-state index contributed by atoms with van der Waals surface area (Å²) in [5.74, 6) is 0.566. The molecule has 2 aromatic heterocycles. The Labute approximate surface area is 201 Å². The fraction of sp³-hybridized carbons (Fsp3) is 0.400. The van der Waals surface area contributed by atoms with Crippen molar-refractivity contribution in [3.63, 3.8) is 0 Å². The third kappa shape index (κ3) is 3.48. The first-order valence-electron chi connectivity index (χ1n) is 11.5. The summed E-state index contributed by atoms with van der Waals surface area (Å²) in [5, 5.41) is 11.4. The molecule has 1 unspecified atom stereocenters. The molecule has 0 saturated carbocycles. The third-order valence-electron chi connectivity index (χ3n) is 6.93. The molecule has 5 heterocycles. The Balaban J connectivity index is 1.54. The van der Waals surface area contributed by atoms with Crippen molar-refractivity contribution in [1.82, 2.24) is 19.4 Å². The Morgan fingerprint density at radius 1 is 1.06 bits per heavy atom. The molecule has 10 nitrogen and oxygen atoms in total. The molecule has 0 spiro atoms. The summed E-state index contributed by atoms with van der Waals surface area (Å²) in [7, 11) is 6.16. The highest BCUT2D eigenvalue weighted by Crippen LogP contribution is 2.42. The predicted octanol–water partition coefficient (Wildman–Crippen LogP) is 1.24. The van der Waals surface area contributed by atoms with E-state index in [1.807, 2.05) is 26.2 Å². The number of aliphatic hydroxyl groups is 1. The molecule has 0 bridgehead atoms. The molecule has 3 aliphatic rings. The Morgan fingerprint density at radius 3 is 2.60 bits per heavy atom. The van der Waals surface area contributed by atoms with Gasteiger partial charge < -0.3 is 33.7 Å². The van der Waals surface area contributed by atoms with Crippen LogP contribution >= 0.6 is 0 Å². The van der Waals surface area contributed by atoms with E-state index in [0.717, 1.165) is 35.1 Å². The van der Waals surface area contributed by atoms with Crippen LogP contribution in [0.15, 0.2) is 23.0 Å². The van der Waals surface area contributed by atoms with E-state index in [9.17, 15) is 14.7 Å². The fourth-order valence-electron chi connectivity index (χ4n) is 5.00. The average molecular weight is 479 g/mol. The van der Waals surface area contributed by atoms with E-state index in [1.54, 1.807) is 10.6 Å². The fourth-order valence-corrected chi connectivity index (χ4v) is 5.00. The number of carbonyl (C=O) groups excluding carboxylic acids is 1. The van der Waals surface area contributed by atoms with Gasteiger partial charge in [-0.2, -0.15) is 0 Å². The van der Waals surface area contributed by atoms with E-state index in [0.29, 0.717) is 47.1 Å². The summed E-state index contributed by atoms with van der Waals surface area (Å²) in [6.07, 6.45) is -1.48. The molecule has 182 valence electrons. The van der Waals surface area contributed by atoms with Crippen LogP contribution in [0, 0.1) is 0 Å². The van der Waals surface area contributed by atoms with Crippen molar-refractivity contribution >= 4 is 16.9 Å². The zero-order chi connectivity index (χ0) is 24.4. The maximum atomic E-state index is 13.4. The number of hydrogen-bond acceptors (Lipinski definition) is 9. The van der Waals surface area contributed by atoms with Gasteiger partial charge in [-0.25, -0.2) is 9.78 Å². The second kappa shape index (κ2) is 8.04. The van der Waals surface area contributed by atoms with Gasteiger partial charge in [-0.3, -0.25) is 4.79 Å². The van der Waals surface area contributed by atoms with Gasteiger partial charge in [0.05, 0.1) is 29.0 Å². The van der Waals surface area contributed by atoms with Gasteiger partial charge in [0, 0.05) is 42.2 Å². The highest BCUT2D eigenvalue weighted by Gasteiger charge is 2.35. The number of ether oxygens (including phenoxy) is 3. The quantitative estimate of drug-likeness (QED) is 0.424. The number of aromatic nitrogens is 2. The summed E-state index contributed by atoms with van der Waals surface area (Å²) < 4.78 is 17.9. The first kappa shape index (κ1) is 22.0. The molecule has 0 fully saturated rings. The molecule has 3 aliphatic heterocycles. The molecule has 1 aromatic carbocycles. The summed E-state index contributed by atoms with van der Waals surface area (Å²) in [6, 6.07) is 5.54. The molecule has 0 radical (unpaired) electrons. The maximum Gasteiger partial charge on any atom is 0.340 e. The lowest BCUT2D eigenvalue weighted by Gasteiger charge is -2.22. The van der Waals surface area contributed by atoms with E-state index in [-0.39, 0.29) is 19.0 Å². The Hall–Kier alpha value is -3.47. The van der Waals surface area contributed by atoms with Crippen molar-refractivity contribution in [2.24, 2.45) is 0 Å². The summed E-state index contributed by atoms with van der Waals surface area (Å²) in [6.45, 7) is 2.81. The van der Waals surface area contributed by atoms with Gasteiger partial charge in [0.1, 0.15) is 6.61 Å². The standard InChI is InChI=1S/C25H26N4O6/c1-27(2)4-5-28(3)9-15-13-7-20-21(35-12-34-20)8-18(13)26-22-16(15)10-29-19(22)6-14-17(24(29)31)11-33-25(32)23(14)30/h6-8,23,30H,4-5,9-12H2,1-3H3. The van der Waals surface area contributed by atoms with Crippen molar-refractivity contribution < 1.29 is 24.1 Å². The Kier molecular flexibility index (Phi) is 5.06. The number of nitrogens with zero attached hydrogens (tertiary/aromatic N) is 4. The van der Waals surface area contributed by atoms with E-state index in [4.69, 9.17) is 19.2 Å². The molecule has 6 rings (SSSR count). The molecule has 35 heavy (non-hydrogen) atoms. The molecular weight excluding hydrogens is 452 g/mol. The van der Waals surface area contributed by atoms with Crippen LogP contribution in [0.3, 0.4) is 0 Å². The molecule has 0 saturated heterocycles. The summed E-state index contributed by atoms with van der Waals surface area (Å²) >= 11 is 0. The third-order valence-corrected chi connectivity index (χ3v) is 6.93. The lowest BCUT2D eigenvalue weighted by Crippen LogP contribution is -2.32. The number of carbonyl (C=O) groups is 1. The number of aliphatic hydroxyl groups excluding tert-OH is 1. The minimum absolute atomic E-state index is 0.141. The molecule has 1 N–H and O–H groups in total. The number of rotatable bonds is 5. The number of likely N-dealkylation sites (N-methyl/N-ethyl adjacent to an activating group) is 2. The second-order valence-electron chi connectivity index (χ2n) is 9.55. The number of esters is 1. The van der Waals surface area contributed by atoms with Crippen LogP contribution in [0.4, 0.5) is 0 Å². The predicted molar refractivity (Wildman–Crippen MR) is 126 cm³/mol. The Bertz CT molecular complexity index is 1450. The van der Waals surface area contributed by atoms with Crippen molar-refractivity contribution in [3.05, 3.63) is 50.8 Å². The molecular formula is C25H26N4O6. The van der Waals surface area contributed by atoms with Crippen LogP contribution in [0.1, 0.15) is 28.4 Å². The zero-order valence-corrected chi connectivity index (χ0v) is 19.8. The number of pyridine rings is 2. The molecule has 1 atom stereocenters. The normalized spacial score (nSPS) is 17.7. The van der Waals surface area contributed by atoms with Crippen LogP contribution in [0.2, 0.25) is 0 Å². The lowest BCUT2D eigenvalue weighted by atomic mass is 9.98. The van der Waals surface area contributed by atoms with Crippen molar-refractivity contribution in [2.75, 3.05) is 41.0 Å². The number of benzene rings is 1. The average Bonchev–Trinajstić information content (AvgIpc) is 3.43. The minimum Gasteiger partial charge on any atom is -0.458 e. The van der Waals surface area contributed by atoms with Crippen molar-refractivity contribution in [2.45, 2.75) is 25.8 Å². The maximum absolute atomic E-state index is 13.4. The van der Waals surface area contributed by atoms with Gasteiger partial charge in [0.25, 0.3) is 5.56 Å². The molecule has 3 aromatic rings. The van der Waals surface area contributed by atoms with Gasteiger partial charge in [0.15, 0.2) is 17.6 Å². The van der Waals surface area contributed by atoms with Crippen LogP contribution in [0.25, 0.3) is 22.3 Å². The van der Waals surface area contributed by atoms with Gasteiger partial charge >= 0.3 is 5.97 Å². The van der Waals surface area contributed by atoms with Crippen molar-refractivity contribution in [1.29, 1.82) is 0 Å². The summed E-state index contributed by atoms with van der Waals surface area (Å²) in [5.41, 5.74) is 4.36. The highest BCUT2D eigenvalue weighted by molar-refractivity contribution is 5.91. The SMILES string of the molecule is CN(C)CCN(C)Cc1c2c(nc3cc4c(cc13)OCO4)-c1cc3c(c(=O)n1C2)COC(=O)C3O. The van der Waals surface area contributed by atoms with Crippen LogP contribution in [0.5, 0.6) is 11.5 Å². The topological polar surface area (TPSA) is 106 Å².